The molecule has 0 spiro atoms. The quantitative estimate of drug-likeness (QED) is 0.704. The number of rotatable bonds is 1. The molecule has 19 heavy (non-hydrogen) atoms. The third kappa shape index (κ3) is 1.95. The van der Waals surface area contributed by atoms with E-state index in [-0.39, 0.29) is 0 Å². The second-order valence-electron chi connectivity index (χ2n) is 4.91. The van der Waals surface area contributed by atoms with Crippen LogP contribution in [0.15, 0.2) is 48.7 Å². The lowest BCUT2D eigenvalue weighted by molar-refractivity contribution is 1.28. The molecule has 0 amide bonds. The molecule has 0 saturated heterocycles. The van der Waals surface area contributed by atoms with Crippen LogP contribution in [0.3, 0.4) is 0 Å². The lowest BCUT2D eigenvalue weighted by Gasteiger charge is -2.11. The van der Waals surface area contributed by atoms with Crippen LogP contribution < -0.4 is 5.73 Å². The highest BCUT2D eigenvalue weighted by atomic mass is 14.7. The van der Waals surface area contributed by atoms with Gasteiger partial charge in [-0.2, -0.15) is 0 Å². The molecule has 1 aromatic heterocycles. The summed E-state index contributed by atoms with van der Waals surface area (Å²) in [6.07, 6.45) is 1.72. The molecule has 2 nitrogen and oxygen atoms in total. The first-order chi connectivity index (χ1) is 9.16. The van der Waals surface area contributed by atoms with E-state index >= 15 is 0 Å². The predicted octanol–water partition coefficient (Wildman–Crippen LogP) is 4.10. The van der Waals surface area contributed by atoms with Crippen LogP contribution >= 0.6 is 0 Å². The molecule has 0 fully saturated rings. The van der Waals surface area contributed by atoms with Crippen molar-refractivity contribution in [1.29, 1.82) is 0 Å². The zero-order chi connectivity index (χ0) is 13.4. The van der Waals surface area contributed by atoms with E-state index < -0.39 is 0 Å². The van der Waals surface area contributed by atoms with E-state index in [0.29, 0.717) is 5.69 Å². The molecule has 3 aromatic rings. The fraction of sp³-hybridized carbons (Fsp3) is 0.118. The number of aromatic nitrogens is 1. The molecular weight excluding hydrogens is 232 g/mol. The van der Waals surface area contributed by atoms with E-state index in [0.717, 1.165) is 11.3 Å². The van der Waals surface area contributed by atoms with Crippen molar-refractivity contribution in [2.24, 2.45) is 0 Å². The molecule has 0 unspecified atom stereocenters. The number of nitrogen functional groups attached to an aromatic ring is 1. The molecule has 1 heterocycles. The number of pyridine rings is 1. The highest BCUT2D eigenvalue weighted by Gasteiger charge is 2.09. The Kier molecular flexibility index (Phi) is 2.71. The van der Waals surface area contributed by atoms with E-state index in [1.54, 1.807) is 6.20 Å². The van der Waals surface area contributed by atoms with Crippen molar-refractivity contribution in [3.8, 4) is 11.3 Å². The molecule has 0 bridgehead atoms. The number of nitrogens with zero attached hydrogens (tertiary/aromatic N) is 1. The first kappa shape index (κ1) is 11.7. The van der Waals surface area contributed by atoms with Gasteiger partial charge in [-0.15, -0.1) is 0 Å². The molecule has 3 rings (SSSR count). The van der Waals surface area contributed by atoms with Gasteiger partial charge in [0, 0.05) is 5.56 Å². The highest BCUT2D eigenvalue weighted by Crippen LogP contribution is 2.31. The minimum Gasteiger partial charge on any atom is -0.397 e. The van der Waals surface area contributed by atoms with Crippen molar-refractivity contribution in [2.45, 2.75) is 13.8 Å². The van der Waals surface area contributed by atoms with Crippen LogP contribution in [0.2, 0.25) is 0 Å². The van der Waals surface area contributed by atoms with E-state index in [1.807, 2.05) is 13.0 Å². The summed E-state index contributed by atoms with van der Waals surface area (Å²) in [6, 6.07) is 14.7. The number of nitrogens with two attached hydrogens (primary N) is 1. The summed E-state index contributed by atoms with van der Waals surface area (Å²) in [4.78, 5) is 4.50. The van der Waals surface area contributed by atoms with Crippen molar-refractivity contribution in [2.75, 3.05) is 5.73 Å². The molecule has 0 aliphatic heterocycles. The summed E-state index contributed by atoms with van der Waals surface area (Å²) in [7, 11) is 0. The summed E-state index contributed by atoms with van der Waals surface area (Å²) in [5.74, 6) is 0. The van der Waals surface area contributed by atoms with Gasteiger partial charge in [-0.25, -0.2) is 0 Å². The van der Waals surface area contributed by atoms with E-state index in [9.17, 15) is 0 Å². The Balaban J connectivity index is 2.34. The van der Waals surface area contributed by atoms with E-state index in [2.05, 4.69) is 48.3 Å². The Morgan fingerprint density at radius 1 is 0.895 bits per heavy atom. The van der Waals surface area contributed by atoms with Gasteiger partial charge >= 0.3 is 0 Å². The molecule has 2 N–H and O–H groups in total. The van der Waals surface area contributed by atoms with E-state index in [1.165, 1.54) is 21.9 Å². The van der Waals surface area contributed by atoms with Crippen LogP contribution in [0.25, 0.3) is 22.0 Å². The average molecular weight is 248 g/mol. The third-order valence-electron chi connectivity index (χ3n) is 3.50. The molecule has 0 atom stereocenters. The van der Waals surface area contributed by atoms with Crippen LogP contribution in [-0.2, 0) is 0 Å². The van der Waals surface area contributed by atoms with Crippen molar-refractivity contribution >= 4 is 16.5 Å². The first-order valence-electron chi connectivity index (χ1n) is 6.37. The van der Waals surface area contributed by atoms with Gasteiger partial charge in [0.25, 0.3) is 0 Å². The van der Waals surface area contributed by atoms with Gasteiger partial charge in [0.2, 0.25) is 0 Å². The number of hydrogen-bond acceptors (Lipinski definition) is 2. The first-order valence-corrected chi connectivity index (χ1v) is 6.37. The van der Waals surface area contributed by atoms with Crippen molar-refractivity contribution < 1.29 is 0 Å². The minimum atomic E-state index is 0.706. The Morgan fingerprint density at radius 3 is 2.37 bits per heavy atom. The van der Waals surface area contributed by atoms with Crippen molar-refractivity contribution in [1.82, 2.24) is 4.98 Å². The SMILES string of the molecule is Cc1cc(N)cnc1-c1ccc(C)c2ccccc12. The molecule has 0 aliphatic carbocycles. The highest BCUT2D eigenvalue weighted by molar-refractivity contribution is 5.98. The summed E-state index contributed by atoms with van der Waals surface area (Å²) in [5, 5.41) is 2.51. The fourth-order valence-electron chi connectivity index (χ4n) is 2.53. The van der Waals surface area contributed by atoms with Gasteiger partial charge in [-0.3, -0.25) is 4.98 Å². The molecule has 0 saturated carbocycles. The molecule has 0 radical (unpaired) electrons. The van der Waals surface area contributed by atoms with Crippen LogP contribution in [0, 0.1) is 13.8 Å². The number of benzene rings is 2. The summed E-state index contributed by atoms with van der Waals surface area (Å²) >= 11 is 0. The third-order valence-corrected chi connectivity index (χ3v) is 3.50. The zero-order valence-electron chi connectivity index (χ0n) is 11.1. The lowest BCUT2D eigenvalue weighted by atomic mass is 9.96. The molecule has 94 valence electrons. The van der Waals surface area contributed by atoms with Crippen molar-refractivity contribution in [3.63, 3.8) is 0 Å². The summed E-state index contributed by atoms with van der Waals surface area (Å²) < 4.78 is 0. The number of hydrogen-bond donors (Lipinski definition) is 1. The monoisotopic (exact) mass is 248 g/mol. The van der Waals surface area contributed by atoms with Gasteiger partial charge in [0.1, 0.15) is 0 Å². The van der Waals surface area contributed by atoms with Crippen LogP contribution in [-0.4, -0.2) is 4.98 Å². The van der Waals surface area contributed by atoms with Gasteiger partial charge in [0.15, 0.2) is 0 Å². The second-order valence-corrected chi connectivity index (χ2v) is 4.91. The average Bonchev–Trinajstić information content (AvgIpc) is 2.41. The van der Waals surface area contributed by atoms with Gasteiger partial charge in [0.05, 0.1) is 17.6 Å². The predicted molar refractivity (Wildman–Crippen MR) is 81.1 cm³/mol. The van der Waals surface area contributed by atoms with Gasteiger partial charge in [-0.1, -0.05) is 36.4 Å². The normalized spacial score (nSPS) is 10.8. The maximum Gasteiger partial charge on any atom is 0.0738 e. The Hall–Kier alpha value is -2.35. The smallest absolute Gasteiger partial charge is 0.0738 e. The standard InChI is InChI=1S/C17H16N2/c1-11-7-8-16(15-6-4-3-5-14(11)15)17-12(2)9-13(18)10-19-17/h3-10H,18H2,1-2H3. The maximum absolute atomic E-state index is 5.78. The summed E-state index contributed by atoms with van der Waals surface area (Å²) in [6.45, 7) is 4.18. The minimum absolute atomic E-state index is 0.706. The fourth-order valence-corrected chi connectivity index (χ4v) is 2.53. The Morgan fingerprint density at radius 2 is 1.63 bits per heavy atom. The van der Waals surface area contributed by atoms with E-state index in [4.69, 9.17) is 5.73 Å². The number of aryl methyl sites for hydroxylation is 2. The second kappa shape index (κ2) is 4.39. The molecular formula is C17H16N2. The Labute approximate surface area is 112 Å². The van der Waals surface area contributed by atoms with Crippen LogP contribution in [0.4, 0.5) is 5.69 Å². The van der Waals surface area contributed by atoms with Crippen LogP contribution in [0.1, 0.15) is 11.1 Å². The Bertz CT molecular complexity index is 760. The van der Waals surface area contributed by atoms with Gasteiger partial charge < -0.3 is 5.73 Å². The van der Waals surface area contributed by atoms with Gasteiger partial charge in [-0.05, 0) is 41.8 Å². The van der Waals surface area contributed by atoms with Crippen LogP contribution in [0.5, 0.6) is 0 Å². The maximum atomic E-state index is 5.78. The number of fused-ring (bicyclic) bond motifs is 1. The zero-order valence-corrected chi connectivity index (χ0v) is 11.1. The number of anilines is 1. The molecule has 2 aromatic carbocycles. The van der Waals surface area contributed by atoms with Crippen molar-refractivity contribution in [3.05, 3.63) is 59.8 Å². The summed E-state index contributed by atoms with van der Waals surface area (Å²) in [5.41, 5.74) is 11.0. The largest absolute Gasteiger partial charge is 0.397 e. The topological polar surface area (TPSA) is 38.9 Å². The molecule has 2 heteroatoms. The lowest BCUT2D eigenvalue weighted by Crippen LogP contribution is -1.94. The molecule has 0 aliphatic rings.